The zero-order valence-electron chi connectivity index (χ0n) is 15.8. The van der Waals surface area contributed by atoms with Gasteiger partial charge in [0, 0.05) is 24.6 Å². The van der Waals surface area contributed by atoms with Crippen molar-refractivity contribution < 1.29 is 4.79 Å². The summed E-state index contributed by atoms with van der Waals surface area (Å²) in [7, 11) is 0. The number of fused-ring (bicyclic) bond motifs is 1. The highest BCUT2D eigenvalue weighted by molar-refractivity contribution is 5.97. The largest absolute Gasteiger partial charge is 0.310 e. The van der Waals surface area contributed by atoms with Crippen molar-refractivity contribution >= 4 is 16.8 Å². The number of carbonyl (C=O) groups is 1. The van der Waals surface area contributed by atoms with Crippen molar-refractivity contribution in [3.05, 3.63) is 58.3 Å². The summed E-state index contributed by atoms with van der Waals surface area (Å²) in [6.45, 7) is 7.88. The molecule has 7 heteroatoms. The molecule has 0 amide bonds. The van der Waals surface area contributed by atoms with Gasteiger partial charge in [0.05, 0.1) is 18.3 Å². The molecule has 1 N–H and O–H groups in total. The van der Waals surface area contributed by atoms with Gasteiger partial charge in [-0.3, -0.25) is 14.5 Å². The molecular weight excluding hydrogens is 342 g/mol. The Labute approximate surface area is 157 Å². The number of nitrogens with zero attached hydrogens (tertiary/aromatic N) is 4. The normalized spacial score (nSPS) is 15.8. The quantitative estimate of drug-likeness (QED) is 0.716. The highest BCUT2D eigenvalue weighted by atomic mass is 16.1. The second-order valence-corrected chi connectivity index (χ2v) is 8.10. The topological polar surface area (TPSA) is 83.9 Å². The van der Waals surface area contributed by atoms with Crippen molar-refractivity contribution in [2.45, 2.75) is 32.2 Å². The van der Waals surface area contributed by atoms with Crippen molar-refractivity contribution in [1.29, 1.82) is 0 Å². The van der Waals surface area contributed by atoms with E-state index in [0.29, 0.717) is 36.5 Å². The van der Waals surface area contributed by atoms with Crippen molar-refractivity contribution in [1.82, 2.24) is 24.6 Å². The van der Waals surface area contributed by atoms with Crippen LogP contribution in [0, 0.1) is 0 Å². The molecule has 0 atom stereocenters. The Balaban J connectivity index is 1.50. The summed E-state index contributed by atoms with van der Waals surface area (Å²) in [6, 6.07) is 9.31. The Morgan fingerprint density at radius 1 is 1.22 bits per heavy atom. The highest BCUT2D eigenvalue weighted by Gasteiger charge is 2.32. The van der Waals surface area contributed by atoms with E-state index in [1.54, 1.807) is 10.9 Å². The van der Waals surface area contributed by atoms with Gasteiger partial charge in [-0.05, 0) is 20.8 Å². The molecule has 3 aromatic rings. The average Bonchev–Trinajstić information content (AvgIpc) is 3.03. The molecule has 4 rings (SSSR count). The first-order valence-corrected chi connectivity index (χ1v) is 9.12. The van der Waals surface area contributed by atoms with E-state index in [-0.39, 0.29) is 22.8 Å². The molecule has 27 heavy (non-hydrogen) atoms. The number of likely N-dealkylation sites (tertiary alicyclic amines) is 1. The average molecular weight is 365 g/mol. The molecule has 0 unspecified atom stereocenters. The molecule has 2 aromatic heterocycles. The smallest absolute Gasteiger partial charge is 0.262 e. The van der Waals surface area contributed by atoms with E-state index in [1.165, 1.54) is 0 Å². The molecule has 140 valence electrons. The number of ketones is 1. The molecule has 1 aromatic carbocycles. The van der Waals surface area contributed by atoms with Gasteiger partial charge in [-0.15, -0.1) is 0 Å². The van der Waals surface area contributed by atoms with E-state index in [0.717, 1.165) is 5.56 Å². The molecule has 1 fully saturated rings. The van der Waals surface area contributed by atoms with Crippen LogP contribution in [0.5, 0.6) is 0 Å². The third-order valence-corrected chi connectivity index (χ3v) is 4.90. The molecule has 1 aliphatic rings. The number of carbonyl (C=O) groups excluding carboxylic acids is 1. The minimum Gasteiger partial charge on any atom is -0.310 e. The van der Waals surface area contributed by atoms with Crippen LogP contribution in [-0.4, -0.2) is 50.1 Å². The summed E-state index contributed by atoms with van der Waals surface area (Å²) in [4.78, 5) is 34.4. The zero-order chi connectivity index (χ0) is 19.2. The second-order valence-electron chi connectivity index (χ2n) is 8.10. The van der Waals surface area contributed by atoms with Gasteiger partial charge in [0.1, 0.15) is 11.2 Å². The van der Waals surface area contributed by atoms with Gasteiger partial charge in [-0.1, -0.05) is 30.3 Å². The first-order chi connectivity index (χ1) is 12.8. The van der Waals surface area contributed by atoms with Crippen molar-refractivity contribution in [3.8, 4) is 0 Å². The van der Waals surface area contributed by atoms with Crippen LogP contribution in [-0.2, 0) is 5.54 Å². The number of nitrogens with one attached hydrogen (secondary N) is 1. The predicted octanol–water partition coefficient (Wildman–Crippen LogP) is 2.16. The van der Waals surface area contributed by atoms with Gasteiger partial charge >= 0.3 is 0 Å². The zero-order valence-corrected chi connectivity index (χ0v) is 15.8. The lowest BCUT2D eigenvalue weighted by atomic mass is 9.98. The molecule has 7 nitrogen and oxygen atoms in total. The minimum atomic E-state index is -0.256. The number of Topliss-reactive ketones (excluding diaryl/α,β-unsaturated/α-hetero) is 1. The number of hydrogen-bond acceptors (Lipinski definition) is 5. The van der Waals surface area contributed by atoms with Gasteiger partial charge in [0.25, 0.3) is 5.56 Å². The molecule has 1 aliphatic heterocycles. The summed E-state index contributed by atoms with van der Waals surface area (Å²) in [5.74, 6) is 0.896. The molecule has 0 saturated carbocycles. The number of aromatic amines is 1. The SMILES string of the molecule is CC(C)(C)n1ncc2c(=O)[nH]c(C3CN(CC(=O)c4ccccc4)C3)nc21. The molecule has 0 aliphatic carbocycles. The van der Waals surface area contributed by atoms with Gasteiger partial charge in [-0.25, -0.2) is 9.67 Å². The maximum absolute atomic E-state index is 12.4. The number of benzene rings is 1. The van der Waals surface area contributed by atoms with Crippen LogP contribution in [0.3, 0.4) is 0 Å². The molecule has 3 heterocycles. The van der Waals surface area contributed by atoms with E-state index in [2.05, 4.69) is 20.0 Å². The van der Waals surface area contributed by atoms with Crippen molar-refractivity contribution in [2.24, 2.45) is 0 Å². The lowest BCUT2D eigenvalue weighted by Gasteiger charge is -2.38. The van der Waals surface area contributed by atoms with Crippen molar-refractivity contribution in [3.63, 3.8) is 0 Å². The molecule has 0 bridgehead atoms. The Bertz CT molecular complexity index is 1040. The van der Waals surface area contributed by atoms with Gasteiger partial charge in [0.15, 0.2) is 11.4 Å². The van der Waals surface area contributed by atoms with E-state index in [4.69, 9.17) is 0 Å². The summed E-state index contributed by atoms with van der Waals surface area (Å²) < 4.78 is 1.79. The standard InChI is InChI=1S/C20H23N5O2/c1-20(2,3)25-18-15(9-21-25)19(27)23-17(22-18)14-10-24(11-14)12-16(26)13-7-5-4-6-8-13/h4-9,14H,10-12H2,1-3H3,(H,22,23,27). The van der Waals surface area contributed by atoms with Crippen molar-refractivity contribution in [2.75, 3.05) is 19.6 Å². The fraction of sp³-hybridized carbons (Fsp3) is 0.400. The summed E-state index contributed by atoms with van der Waals surface area (Å²) in [5.41, 5.74) is 0.917. The second kappa shape index (κ2) is 6.42. The van der Waals surface area contributed by atoms with Crippen LogP contribution >= 0.6 is 0 Å². The summed E-state index contributed by atoms with van der Waals surface area (Å²) in [5, 5.41) is 4.84. The Morgan fingerprint density at radius 3 is 2.59 bits per heavy atom. The van der Waals surface area contributed by atoms with Gasteiger partial charge in [0.2, 0.25) is 0 Å². The lowest BCUT2D eigenvalue weighted by Crippen LogP contribution is -2.48. The van der Waals surface area contributed by atoms with Crippen LogP contribution in [0.2, 0.25) is 0 Å². The maximum atomic E-state index is 12.4. The number of aromatic nitrogens is 4. The highest BCUT2D eigenvalue weighted by Crippen LogP contribution is 2.26. The fourth-order valence-corrected chi connectivity index (χ4v) is 3.41. The van der Waals surface area contributed by atoms with E-state index in [9.17, 15) is 9.59 Å². The minimum absolute atomic E-state index is 0.108. The van der Waals surface area contributed by atoms with Crippen LogP contribution in [0.1, 0.15) is 42.9 Å². The lowest BCUT2D eigenvalue weighted by molar-refractivity contribution is 0.0830. The maximum Gasteiger partial charge on any atom is 0.262 e. The molecule has 0 radical (unpaired) electrons. The molecular formula is C20H23N5O2. The Kier molecular flexibility index (Phi) is 4.19. The van der Waals surface area contributed by atoms with Crippen LogP contribution < -0.4 is 5.56 Å². The first kappa shape index (κ1) is 17.6. The van der Waals surface area contributed by atoms with E-state index >= 15 is 0 Å². The molecule has 1 saturated heterocycles. The third kappa shape index (κ3) is 3.30. The van der Waals surface area contributed by atoms with Gasteiger partial charge < -0.3 is 4.98 Å². The predicted molar refractivity (Wildman–Crippen MR) is 103 cm³/mol. The van der Waals surface area contributed by atoms with Gasteiger partial charge in [-0.2, -0.15) is 5.10 Å². The van der Waals surface area contributed by atoms with Crippen LogP contribution in [0.4, 0.5) is 0 Å². The fourth-order valence-electron chi connectivity index (χ4n) is 3.41. The molecule has 0 spiro atoms. The Morgan fingerprint density at radius 2 is 1.93 bits per heavy atom. The summed E-state index contributed by atoms with van der Waals surface area (Å²) in [6.07, 6.45) is 1.57. The van der Waals surface area contributed by atoms with Crippen LogP contribution in [0.25, 0.3) is 11.0 Å². The monoisotopic (exact) mass is 365 g/mol. The number of rotatable bonds is 4. The number of hydrogen-bond donors (Lipinski definition) is 1. The summed E-state index contributed by atoms with van der Waals surface area (Å²) >= 11 is 0. The third-order valence-electron chi connectivity index (χ3n) is 4.90. The van der Waals surface area contributed by atoms with E-state index < -0.39 is 0 Å². The first-order valence-electron chi connectivity index (χ1n) is 9.12. The number of H-pyrrole nitrogens is 1. The van der Waals surface area contributed by atoms with E-state index in [1.807, 2.05) is 51.1 Å². The van der Waals surface area contributed by atoms with Crippen LogP contribution in [0.15, 0.2) is 41.3 Å². The Hall–Kier alpha value is -2.80.